The monoisotopic (exact) mass is 282 g/mol. The molecular weight excluding hydrogens is 268 g/mol. The first-order chi connectivity index (χ1) is 9.36. The van der Waals surface area contributed by atoms with Gasteiger partial charge in [0.2, 0.25) is 0 Å². The topological polar surface area (TPSA) is 176 Å². The van der Waals surface area contributed by atoms with Crippen LogP contribution < -0.4 is 42.1 Å². The van der Waals surface area contributed by atoms with Crippen LogP contribution in [0.15, 0.2) is 0 Å². The van der Waals surface area contributed by atoms with Crippen LogP contribution in [0.2, 0.25) is 0 Å². The van der Waals surface area contributed by atoms with Gasteiger partial charge in [-0.25, -0.2) is 0 Å². The molecule has 1 aromatic heterocycles. The third-order valence-corrected chi connectivity index (χ3v) is 2.98. The summed E-state index contributed by atoms with van der Waals surface area (Å²) in [5, 5.41) is 23.3. The average molecular weight is 282 g/mol. The fourth-order valence-electron chi connectivity index (χ4n) is 2.07. The van der Waals surface area contributed by atoms with Crippen LogP contribution in [0.3, 0.4) is 0 Å². The van der Waals surface area contributed by atoms with E-state index in [9.17, 15) is 10.4 Å². The molecule has 2 aromatic rings. The van der Waals surface area contributed by atoms with Crippen molar-refractivity contribution in [2.75, 3.05) is 37.2 Å². The maximum absolute atomic E-state index is 11.6. The highest BCUT2D eigenvalue weighted by molar-refractivity contribution is 6.13. The molecular formula is C10H14N6O4. The number of ether oxygens (including phenoxy) is 2. The molecule has 1 aromatic carbocycles. The summed E-state index contributed by atoms with van der Waals surface area (Å²) in [6.45, 7) is 0. The van der Waals surface area contributed by atoms with E-state index in [2.05, 4.69) is 0 Å². The lowest BCUT2D eigenvalue weighted by Gasteiger charge is -2.19. The molecule has 108 valence electrons. The lowest BCUT2D eigenvalue weighted by molar-refractivity contribution is -1.17. The molecule has 10 nitrogen and oxygen atoms in total. The second-order valence-electron chi connectivity index (χ2n) is 3.96. The quantitative estimate of drug-likeness (QED) is 0.290. The normalized spacial score (nSPS) is 10.7. The van der Waals surface area contributed by atoms with E-state index >= 15 is 0 Å². The van der Waals surface area contributed by atoms with Gasteiger partial charge in [-0.3, -0.25) is 11.5 Å². The van der Waals surface area contributed by atoms with Crippen molar-refractivity contribution >= 4 is 33.8 Å². The molecule has 0 radical (unpaired) electrons. The Bertz CT molecular complexity index is 657. The lowest BCUT2D eigenvalue weighted by Crippen LogP contribution is -2.63. The van der Waals surface area contributed by atoms with E-state index in [1.54, 1.807) is 0 Å². The number of fused-ring (bicyclic) bond motifs is 1. The molecule has 8 N–H and O–H groups in total. The molecule has 0 aliphatic rings. The number of nitrogens with zero attached hydrogens (tertiary/aromatic N) is 2. The summed E-state index contributed by atoms with van der Waals surface area (Å²) in [4.78, 5) is -0.251. The Morgan fingerprint density at radius 2 is 1.05 bits per heavy atom. The Balaban J connectivity index is 3.16. The van der Waals surface area contributed by atoms with Crippen molar-refractivity contribution in [1.29, 1.82) is 0 Å². The number of anilines is 4. The molecule has 0 saturated carbocycles. The number of methoxy groups -OCH3 is 2. The lowest BCUT2D eigenvalue weighted by atomic mass is 10.1. The van der Waals surface area contributed by atoms with E-state index in [0.717, 1.165) is 0 Å². The molecule has 0 amide bonds. The summed E-state index contributed by atoms with van der Waals surface area (Å²) in [5.41, 5.74) is 23.0. The first-order valence-electron chi connectivity index (χ1n) is 5.39. The van der Waals surface area contributed by atoms with Gasteiger partial charge in [0.05, 0.1) is 25.6 Å². The van der Waals surface area contributed by atoms with Gasteiger partial charge in [-0.1, -0.05) is 9.69 Å². The van der Waals surface area contributed by atoms with Crippen LogP contribution in [0.1, 0.15) is 0 Å². The number of nitrogens with two attached hydrogens (primary N) is 4. The molecule has 0 aliphatic heterocycles. The zero-order chi connectivity index (χ0) is 15.2. The molecule has 2 rings (SSSR count). The van der Waals surface area contributed by atoms with Crippen molar-refractivity contribution in [3.8, 4) is 11.5 Å². The maximum Gasteiger partial charge on any atom is 0.323 e. The molecule has 0 fully saturated rings. The molecule has 10 heteroatoms. The number of benzene rings is 1. The summed E-state index contributed by atoms with van der Waals surface area (Å²) in [6.07, 6.45) is 0. The van der Waals surface area contributed by atoms with Crippen molar-refractivity contribution in [3.63, 3.8) is 0 Å². The van der Waals surface area contributed by atoms with Crippen molar-refractivity contribution in [3.05, 3.63) is 10.4 Å². The Kier molecular flexibility index (Phi) is 2.85. The van der Waals surface area contributed by atoms with Gasteiger partial charge in [0.15, 0.2) is 11.5 Å². The van der Waals surface area contributed by atoms with Crippen LogP contribution in [0.5, 0.6) is 11.5 Å². The molecule has 0 spiro atoms. The minimum absolute atomic E-state index is 0.00273. The second-order valence-corrected chi connectivity index (χ2v) is 3.96. The fourth-order valence-corrected chi connectivity index (χ4v) is 2.07. The van der Waals surface area contributed by atoms with Gasteiger partial charge in [-0.05, 0) is 0 Å². The highest BCUT2D eigenvalue weighted by Gasteiger charge is 2.28. The minimum atomic E-state index is -0.436. The van der Waals surface area contributed by atoms with E-state index in [4.69, 9.17) is 32.4 Å². The van der Waals surface area contributed by atoms with Crippen molar-refractivity contribution in [2.45, 2.75) is 0 Å². The van der Waals surface area contributed by atoms with Gasteiger partial charge in [-0.15, -0.1) is 0 Å². The van der Waals surface area contributed by atoms with Crippen LogP contribution in [0, 0.1) is 10.4 Å². The van der Waals surface area contributed by atoms with Gasteiger partial charge in [0, 0.05) is 0 Å². The van der Waals surface area contributed by atoms with Gasteiger partial charge in [0.1, 0.15) is 10.8 Å². The number of hydrogen-bond donors (Lipinski definition) is 4. The minimum Gasteiger partial charge on any atom is -0.675 e. The molecule has 0 aliphatic carbocycles. The Labute approximate surface area is 113 Å². The van der Waals surface area contributed by atoms with Crippen molar-refractivity contribution in [1.82, 2.24) is 0 Å². The fraction of sp³-hybridized carbons (Fsp3) is 0.200. The zero-order valence-corrected chi connectivity index (χ0v) is 10.8. The van der Waals surface area contributed by atoms with Gasteiger partial charge in [0.25, 0.3) is 0 Å². The number of rotatable bonds is 2. The molecule has 1 heterocycles. The Hall–Kier alpha value is -3.04. The summed E-state index contributed by atoms with van der Waals surface area (Å²) in [7, 11) is 2.70. The standard InChI is InChI=1S/C10H14N6O4/c1-19-7-5(11)3-4(6(12)8(7)20-2)10(14)16(18)15(17)9(3)13/h11-14H2,1-2H3. The third-order valence-electron chi connectivity index (χ3n) is 2.98. The Morgan fingerprint density at radius 1 is 0.750 bits per heavy atom. The Morgan fingerprint density at radius 3 is 1.30 bits per heavy atom. The molecule has 0 saturated heterocycles. The van der Waals surface area contributed by atoms with E-state index in [-0.39, 0.29) is 43.3 Å². The molecule has 0 atom stereocenters. The largest absolute Gasteiger partial charge is 0.675 e. The SMILES string of the molecule is COc1c(OC)c(N)c2c(N)[n+]([O-])[n+]([O-])c(N)c2c1N. The predicted octanol–water partition coefficient (Wildman–Crippen LogP) is -1.55. The highest BCUT2D eigenvalue weighted by Crippen LogP contribution is 2.47. The predicted molar refractivity (Wildman–Crippen MR) is 72.6 cm³/mol. The molecule has 20 heavy (non-hydrogen) atoms. The van der Waals surface area contributed by atoms with Crippen LogP contribution in [0.4, 0.5) is 23.0 Å². The highest BCUT2D eigenvalue weighted by atomic mass is 16.6. The van der Waals surface area contributed by atoms with E-state index in [1.165, 1.54) is 14.2 Å². The molecule has 0 unspecified atom stereocenters. The van der Waals surface area contributed by atoms with E-state index in [1.807, 2.05) is 0 Å². The molecule has 0 bridgehead atoms. The summed E-state index contributed by atoms with van der Waals surface area (Å²) < 4.78 is 10.2. The van der Waals surface area contributed by atoms with E-state index < -0.39 is 11.6 Å². The van der Waals surface area contributed by atoms with Gasteiger partial charge < -0.3 is 31.4 Å². The van der Waals surface area contributed by atoms with Crippen LogP contribution in [-0.4, -0.2) is 14.2 Å². The maximum atomic E-state index is 11.6. The first-order valence-corrected chi connectivity index (χ1v) is 5.39. The van der Waals surface area contributed by atoms with Gasteiger partial charge >= 0.3 is 11.6 Å². The zero-order valence-electron chi connectivity index (χ0n) is 10.8. The third kappa shape index (κ3) is 1.44. The van der Waals surface area contributed by atoms with Crippen LogP contribution in [-0.2, 0) is 0 Å². The summed E-state index contributed by atoms with van der Waals surface area (Å²) in [5.74, 6) is -0.664. The van der Waals surface area contributed by atoms with Crippen molar-refractivity contribution in [2.24, 2.45) is 0 Å². The number of hydrogen-bond acceptors (Lipinski definition) is 8. The average Bonchev–Trinajstić information content (AvgIpc) is 2.43. The van der Waals surface area contributed by atoms with Crippen LogP contribution >= 0.6 is 0 Å². The summed E-state index contributed by atoms with van der Waals surface area (Å²) >= 11 is 0. The van der Waals surface area contributed by atoms with Gasteiger partial charge in [-0.2, -0.15) is 0 Å². The van der Waals surface area contributed by atoms with Crippen molar-refractivity contribution < 1.29 is 19.2 Å². The summed E-state index contributed by atoms with van der Waals surface area (Å²) in [6, 6.07) is 0. The smallest absolute Gasteiger partial charge is 0.323 e. The number of aromatic nitrogens is 2. The van der Waals surface area contributed by atoms with Crippen LogP contribution in [0.25, 0.3) is 10.8 Å². The number of nitrogen functional groups attached to an aromatic ring is 4. The van der Waals surface area contributed by atoms with E-state index in [0.29, 0.717) is 0 Å². The second kappa shape index (κ2) is 4.26. The first kappa shape index (κ1) is 13.4.